The third-order valence-electron chi connectivity index (χ3n) is 7.15. The number of nitrogens with one attached hydrogen (secondary N) is 5. The minimum Gasteiger partial charge on any atom is -0.481 e. The van der Waals surface area contributed by atoms with Crippen LogP contribution in [0, 0.1) is 11.3 Å². The molecule has 13 heteroatoms. The lowest BCUT2D eigenvalue weighted by atomic mass is 9.96. The van der Waals surface area contributed by atoms with Gasteiger partial charge in [0.25, 0.3) is 0 Å². The Morgan fingerprint density at radius 2 is 1.44 bits per heavy atom. The number of unbranched alkanes of at least 4 members (excludes halogenated alkanes) is 2. The van der Waals surface area contributed by atoms with E-state index in [1.807, 2.05) is 0 Å². The number of carboxylic acid groups (broad SMARTS) is 1. The van der Waals surface area contributed by atoms with E-state index in [4.69, 9.17) is 11.1 Å². The quantitative estimate of drug-likeness (QED) is 0.125. The lowest BCUT2D eigenvalue weighted by Crippen LogP contribution is -2.57. The minimum absolute atomic E-state index is 0.0540. The number of carbonyl (C=O) groups excluding carboxylic acids is 5. The van der Waals surface area contributed by atoms with Crippen molar-refractivity contribution in [1.82, 2.24) is 21.3 Å². The maximum Gasteiger partial charge on any atom is 0.304 e. The summed E-state index contributed by atoms with van der Waals surface area (Å²) in [4.78, 5) is 77.7. The van der Waals surface area contributed by atoms with Crippen LogP contribution >= 0.6 is 0 Å². The lowest BCUT2D eigenvalue weighted by Gasteiger charge is -2.26. The van der Waals surface area contributed by atoms with Gasteiger partial charge in [-0.05, 0) is 57.6 Å². The molecule has 0 radical (unpaired) electrons. The molecule has 4 atom stereocenters. The fourth-order valence-corrected chi connectivity index (χ4v) is 4.79. The van der Waals surface area contributed by atoms with Gasteiger partial charge in [-0.25, -0.2) is 0 Å². The molecule has 43 heavy (non-hydrogen) atoms. The molecule has 1 aliphatic heterocycles. The van der Waals surface area contributed by atoms with Crippen LogP contribution in [0.1, 0.15) is 70.3 Å². The Balaban J connectivity index is 2.42. The van der Waals surface area contributed by atoms with Gasteiger partial charge in [-0.3, -0.25) is 28.8 Å². The Kier molecular flexibility index (Phi) is 15.0. The molecule has 1 aromatic carbocycles. The number of rotatable bonds is 13. The Morgan fingerprint density at radius 3 is 2.05 bits per heavy atom. The molecule has 13 nitrogen and oxygen atoms in total. The van der Waals surface area contributed by atoms with Crippen LogP contribution in [0.25, 0.3) is 0 Å². The third kappa shape index (κ3) is 13.2. The number of Topliss-reactive ketones (excluding diaryl/α,β-unsaturated/α-hetero) is 1. The van der Waals surface area contributed by atoms with Crippen molar-refractivity contribution < 1.29 is 33.9 Å². The second-order valence-electron chi connectivity index (χ2n) is 10.9. The molecular weight excluding hydrogens is 556 g/mol. The smallest absolute Gasteiger partial charge is 0.304 e. The number of carbonyl (C=O) groups is 6. The highest BCUT2D eigenvalue weighted by atomic mass is 16.4. The predicted octanol–water partition coefficient (Wildman–Crippen LogP) is 0.592. The van der Waals surface area contributed by atoms with Gasteiger partial charge in [-0.1, -0.05) is 36.8 Å². The van der Waals surface area contributed by atoms with Crippen LogP contribution in [-0.4, -0.2) is 77.4 Å². The lowest BCUT2D eigenvalue weighted by molar-refractivity contribution is -0.142. The van der Waals surface area contributed by atoms with Crippen LogP contribution in [-0.2, 0) is 35.2 Å². The van der Waals surface area contributed by atoms with Crippen LogP contribution in [0.3, 0.4) is 0 Å². The summed E-state index contributed by atoms with van der Waals surface area (Å²) < 4.78 is 0. The van der Waals surface area contributed by atoms with E-state index < -0.39 is 78.8 Å². The first kappa shape index (κ1) is 35.1. The Hall–Kier alpha value is -4.13. The maximum atomic E-state index is 13.6. The highest BCUT2D eigenvalue weighted by molar-refractivity contribution is 5.97. The van der Waals surface area contributed by atoms with Crippen molar-refractivity contribution in [3.8, 4) is 0 Å². The SMILES string of the molecule is CC(=N)CCCC[C@@H]1NC(=O)[C@H](CCCCN)NC(=O)[C@@H](Cc2ccccc2)NC(=O)[C@H](CC(=O)O)CC(=O)CNC1=O. The zero-order valence-corrected chi connectivity index (χ0v) is 24.7. The summed E-state index contributed by atoms with van der Waals surface area (Å²) in [6.07, 6.45) is 2.18. The molecule has 4 amide bonds. The minimum atomic E-state index is -1.30. The maximum absolute atomic E-state index is 13.6. The van der Waals surface area contributed by atoms with Crippen molar-refractivity contribution in [3.63, 3.8) is 0 Å². The number of aliphatic carboxylic acids is 1. The molecule has 0 spiro atoms. The van der Waals surface area contributed by atoms with Gasteiger partial charge in [-0.2, -0.15) is 0 Å². The van der Waals surface area contributed by atoms with E-state index in [0.29, 0.717) is 49.9 Å². The first-order valence-electron chi connectivity index (χ1n) is 14.7. The molecular formula is C30H44N6O7. The number of nitrogens with two attached hydrogens (primary N) is 1. The van der Waals surface area contributed by atoms with E-state index in [9.17, 15) is 33.9 Å². The van der Waals surface area contributed by atoms with Crippen molar-refractivity contribution in [1.29, 1.82) is 5.41 Å². The average Bonchev–Trinajstić information content (AvgIpc) is 2.95. The molecule has 0 bridgehead atoms. The second-order valence-corrected chi connectivity index (χ2v) is 10.9. The summed E-state index contributed by atoms with van der Waals surface area (Å²) in [7, 11) is 0. The van der Waals surface area contributed by atoms with Crippen LogP contribution in [0.15, 0.2) is 30.3 Å². The van der Waals surface area contributed by atoms with Gasteiger partial charge in [-0.15, -0.1) is 0 Å². The molecule has 0 aromatic heterocycles. The summed E-state index contributed by atoms with van der Waals surface area (Å²) in [6.45, 7) is 1.60. The zero-order valence-electron chi connectivity index (χ0n) is 24.7. The normalized spacial score (nSPS) is 22.3. The van der Waals surface area contributed by atoms with Crippen molar-refractivity contribution >= 4 is 41.1 Å². The largest absolute Gasteiger partial charge is 0.481 e. The van der Waals surface area contributed by atoms with Crippen molar-refractivity contribution in [2.24, 2.45) is 11.7 Å². The number of hydrogen-bond acceptors (Lipinski definition) is 8. The van der Waals surface area contributed by atoms with E-state index in [1.165, 1.54) is 0 Å². The summed E-state index contributed by atoms with van der Waals surface area (Å²) in [5.74, 6) is -5.82. The van der Waals surface area contributed by atoms with Gasteiger partial charge < -0.3 is 37.5 Å². The summed E-state index contributed by atoms with van der Waals surface area (Å²) in [5.41, 5.74) is 6.84. The topological polar surface area (TPSA) is 221 Å². The van der Waals surface area contributed by atoms with Gasteiger partial charge in [0.2, 0.25) is 23.6 Å². The molecule has 1 fully saturated rings. The van der Waals surface area contributed by atoms with E-state index >= 15 is 0 Å². The van der Waals surface area contributed by atoms with Crippen molar-refractivity contribution in [2.75, 3.05) is 13.1 Å². The van der Waals surface area contributed by atoms with Gasteiger partial charge in [0, 0.05) is 18.6 Å². The number of ketones is 1. The third-order valence-corrected chi connectivity index (χ3v) is 7.15. The standard InChI is InChI=1S/C30H44N6O7/c1-19(32)9-5-6-12-23-28(41)33-18-22(37)16-21(17-26(38)39)27(40)36-25(15-20-10-3-2-4-11-20)30(43)35-24(29(42)34-23)13-7-8-14-31/h2-4,10-11,21,23-25,32H,5-9,12-18,31H2,1H3,(H,33,41)(H,34,42)(H,35,43)(H,36,40)(H,38,39)/t21-,23-,24-,25+/m0/s1. The molecule has 0 aliphatic carbocycles. The van der Waals surface area contributed by atoms with Crippen LogP contribution in [0.4, 0.5) is 0 Å². The number of hydrogen-bond donors (Lipinski definition) is 7. The van der Waals surface area contributed by atoms with E-state index in [1.54, 1.807) is 37.3 Å². The Morgan fingerprint density at radius 1 is 0.860 bits per heavy atom. The summed E-state index contributed by atoms with van der Waals surface area (Å²) in [6, 6.07) is 5.63. The highest BCUT2D eigenvalue weighted by Crippen LogP contribution is 2.14. The van der Waals surface area contributed by atoms with E-state index in [-0.39, 0.29) is 19.3 Å². The Labute approximate surface area is 251 Å². The van der Waals surface area contributed by atoms with Crippen molar-refractivity contribution in [3.05, 3.63) is 35.9 Å². The molecule has 1 aliphatic rings. The van der Waals surface area contributed by atoms with Gasteiger partial charge in [0.1, 0.15) is 18.1 Å². The molecule has 2 rings (SSSR count). The molecule has 236 valence electrons. The fraction of sp³-hybridized carbons (Fsp3) is 0.567. The molecule has 0 unspecified atom stereocenters. The fourth-order valence-electron chi connectivity index (χ4n) is 4.79. The first-order valence-corrected chi connectivity index (χ1v) is 14.7. The molecule has 1 heterocycles. The van der Waals surface area contributed by atoms with Crippen LogP contribution in [0.2, 0.25) is 0 Å². The van der Waals surface area contributed by atoms with Crippen LogP contribution < -0.4 is 27.0 Å². The van der Waals surface area contributed by atoms with Gasteiger partial charge >= 0.3 is 5.97 Å². The monoisotopic (exact) mass is 600 g/mol. The van der Waals surface area contributed by atoms with E-state index in [2.05, 4.69) is 21.3 Å². The van der Waals surface area contributed by atoms with Gasteiger partial charge in [0.05, 0.1) is 18.9 Å². The zero-order chi connectivity index (χ0) is 31.8. The highest BCUT2D eigenvalue weighted by Gasteiger charge is 2.33. The molecule has 1 aromatic rings. The molecule has 1 saturated heterocycles. The van der Waals surface area contributed by atoms with Gasteiger partial charge in [0.15, 0.2) is 5.78 Å². The van der Waals surface area contributed by atoms with E-state index in [0.717, 1.165) is 0 Å². The predicted molar refractivity (Wildman–Crippen MR) is 159 cm³/mol. The summed E-state index contributed by atoms with van der Waals surface area (Å²) >= 11 is 0. The first-order chi connectivity index (χ1) is 20.5. The molecule has 8 N–H and O–H groups in total. The number of carboxylic acids is 1. The summed E-state index contributed by atoms with van der Waals surface area (Å²) in [5, 5.41) is 27.6. The molecule has 0 saturated carbocycles. The van der Waals surface area contributed by atoms with Crippen LogP contribution in [0.5, 0.6) is 0 Å². The van der Waals surface area contributed by atoms with Crippen molar-refractivity contribution in [2.45, 2.75) is 89.3 Å². The number of amides is 4. The average molecular weight is 601 g/mol. The Bertz CT molecular complexity index is 1140. The second kappa shape index (κ2) is 18.4. The number of benzene rings is 1.